The number of benzene rings is 1. The second-order valence-electron chi connectivity index (χ2n) is 8.00. The third-order valence-corrected chi connectivity index (χ3v) is 6.14. The minimum atomic E-state index is -4.49. The van der Waals surface area contributed by atoms with Crippen molar-refractivity contribution in [1.29, 1.82) is 0 Å². The predicted molar refractivity (Wildman–Crippen MR) is 121 cm³/mol. The molecule has 1 fully saturated rings. The Morgan fingerprint density at radius 2 is 2.00 bits per heavy atom. The summed E-state index contributed by atoms with van der Waals surface area (Å²) >= 11 is 6.50. The Hall–Kier alpha value is -3.33. The molecular weight excluding hydrogens is 455 g/mol. The lowest BCUT2D eigenvalue weighted by molar-refractivity contribution is -0.137. The number of alkyl halides is 3. The van der Waals surface area contributed by atoms with E-state index < -0.39 is 17.8 Å². The molecule has 0 aliphatic carbocycles. The Labute approximate surface area is 193 Å². The third-order valence-electron chi connectivity index (χ3n) is 5.85. The van der Waals surface area contributed by atoms with Crippen molar-refractivity contribution in [3.05, 3.63) is 65.3 Å². The first kappa shape index (κ1) is 21.5. The first-order valence-electron chi connectivity index (χ1n) is 10.5. The molecule has 1 saturated heterocycles. The molecule has 2 aliphatic rings. The molecule has 2 aromatic heterocycles. The highest BCUT2D eigenvalue weighted by Crippen LogP contribution is 2.43. The van der Waals surface area contributed by atoms with Crippen LogP contribution >= 0.6 is 11.6 Å². The summed E-state index contributed by atoms with van der Waals surface area (Å²) in [5, 5.41) is 3.02. The fourth-order valence-corrected chi connectivity index (χ4v) is 4.61. The summed E-state index contributed by atoms with van der Waals surface area (Å²) in [5.41, 5.74) is 0.315. The minimum Gasteiger partial charge on any atom is -0.366 e. The summed E-state index contributed by atoms with van der Waals surface area (Å²) < 4.78 is 39.8. The summed E-state index contributed by atoms with van der Waals surface area (Å²) in [6.07, 6.45) is -1.24. The Bertz CT molecular complexity index is 1200. The lowest BCUT2D eigenvalue weighted by atomic mass is 9.99. The van der Waals surface area contributed by atoms with Crippen molar-refractivity contribution in [1.82, 2.24) is 9.97 Å². The highest BCUT2D eigenvalue weighted by molar-refractivity contribution is 6.33. The summed E-state index contributed by atoms with van der Waals surface area (Å²) in [5.74, 6) is 0.769. The van der Waals surface area contributed by atoms with Crippen molar-refractivity contribution in [2.24, 2.45) is 0 Å². The number of pyridine rings is 2. The van der Waals surface area contributed by atoms with Gasteiger partial charge < -0.3 is 4.90 Å². The van der Waals surface area contributed by atoms with Gasteiger partial charge in [-0.25, -0.2) is 14.8 Å². The number of hydrogen-bond donors (Lipinski definition) is 1. The molecule has 0 spiro atoms. The fourth-order valence-electron chi connectivity index (χ4n) is 4.35. The summed E-state index contributed by atoms with van der Waals surface area (Å²) in [6.45, 7) is 1.42. The number of nitrogens with zero attached hydrogens (tertiary/aromatic N) is 4. The van der Waals surface area contributed by atoms with Crippen LogP contribution in [0, 0.1) is 0 Å². The zero-order valence-corrected chi connectivity index (χ0v) is 18.1. The van der Waals surface area contributed by atoms with Crippen LogP contribution in [0.1, 0.15) is 18.4 Å². The van der Waals surface area contributed by atoms with E-state index >= 15 is 0 Å². The van der Waals surface area contributed by atoms with Gasteiger partial charge in [0.1, 0.15) is 5.82 Å². The van der Waals surface area contributed by atoms with Gasteiger partial charge in [-0.3, -0.25) is 10.2 Å². The van der Waals surface area contributed by atoms with Crippen LogP contribution in [0.4, 0.5) is 35.3 Å². The topological polar surface area (TPSA) is 61.4 Å². The molecule has 10 heteroatoms. The van der Waals surface area contributed by atoms with E-state index in [9.17, 15) is 18.0 Å². The molecule has 0 unspecified atom stereocenters. The van der Waals surface area contributed by atoms with E-state index in [1.807, 2.05) is 0 Å². The van der Waals surface area contributed by atoms with Crippen LogP contribution in [0.15, 0.2) is 54.7 Å². The average molecular weight is 474 g/mol. The first-order chi connectivity index (χ1) is 15.8. The first-order valence-corrected chi connectivity index (χ1v) is 10.8. The molecule has 1 atom stereocenters. The van der Waals surface area contributed by atoms with Gasteiger partial charge in [0.05, 0.1) is 28.0 Å². The summed E-state index contributed by atoms with van der Waals surface area (Å²) in [7, 11) is 0. The second kappa shape index (κ2) is 8.22. The number of fused-ring (bicyclic) bond motifs is 4. The number of piperidine rings is 1. The number of amides is 2. The van der Waals surface area contributed by atoms with E-state index in [0.29, 0.717) is 23.9 Å². The van der Waals surface area contributed by atoms with Crippen molar-refractivity contribution in [2.75, 3.05) is 28.2 Å². The molecule has 1 aromatic carbocycles. The van der Waals surface area contributed by atoms with E-state index in [4.69, 9.17) is 11.6 Å². The van der Waals surface area contributed by atoms with E-state index in [2.05, 4.69) is 20.2 Å². The maximum absolute atomic E-state index is 13.3. The SMILES string of the molecule is O=C(Nc1ccccn1)N1c2nc(-c3cccc(C(F)(F)F)c3)c(Cl)cc2N2CCC[C@H]1C2. The standard InChI is InChI=1S/C23H19ClF3N5O/c24-17-12-18-21(30-20(17)14-5-3-6-15(11-14)23(25,26)27)32(16-7-4-10-31(18)13-16)22(33)29-19-8-1-2-9-28-19/h1-3,5-6,8-9,11-12,16H,4,7,10,13H2,(H,28,29,33)/t16-/m0/s1. The number of aromatic nitrogens is 2. The Kier molecular flexibility index (Phi) is 5.36. The van der Waals surface area contributed by atoms with Crippen molar-refractivity contribution in [3.63, 3.8) is 0 Å². The molecule has 5 rings (SSSR count). The number of carbonyl (C=O) groups is 1. The van der Waals surface area contributed by atoms with E-state index in [1.165, 1.54) is 12.1 Å². The molecule has 2 amide bonds. The van der Waals surface area contributed by atoms with E-state index in [0.717, 1.165) is 31.5 Å². The maximum atomic E-state index is 13.3. The van der Waals surface area contributed by atoms with Crippen LogP contribution in [0.25, 0.3) is 11.3 Å². The number of nitrogens with one attached hydrogen (secondary N) is 1. The van der Waals surface area contributed by atoms with Crippen LogP contribution in [-0.2, 0) is 6.18 Å². The molecule has 1 N–H and O–H groups in total. The molecule has 6 nitrogen and oxygen atoms in total. The molecule has 4 heterocycles. The highest BCUT2D eigenvalue weighted by Gasteiger charge is 2.39. The zero-order valence-electron chi connectivity index (χ0n) is 17.3. The van der Waals surface area contributed by atoms with Gasteiger partial charge in [0.25, 0.3) is 0 Å². The highest BCUT2D eigenvalue weighted by atomic mass is 35.5. The lowest BCUT2D eigenvalue weighted by Gasteiger charge is -2.46. The Morgan fingerprint density at radius 1 is 1.15 bits per heavy atom. The number of anilines is 3. The Balaban J connectivity index is 1.59. The smallest absolute Gasteiger partial charge is 0.366 e. The monoisotopic (exact) mass is 473 g/mol. The van der Waals surface area contributed by atoms with Crippen LogP contribution in [0.2, 0.25) is 5.02 Å². The molecular formula is C23H19ClF3N5O. The van der Waals surface area contributed by atoms with Crippen LogP contribution in [-0.4, -0.2) is 35.1 Å². The van der Waals surface area contributed by atoms with Crippen LogP contribution in [0.3, 0.4) is 0 Å². The van der Waals surface area contributed by atoms with Gasteiger partial charge in [0.2, 0.25) is 0 Å². The van der Waals surface area contributed by atoms with Crippen molar-refractivity contribution >= 4 is 35.0 Å². The number of carbonyl (C=O) groups excluding carboxylic acids is 1. The normalized spacial score (nSPS) is 17.5. The molecule has 0 saturated carbocycles. The predicted octanol–water partition coefficient (Wildman–Crippen LogP) is 5.84. The lowest BCUT2D eigenvalue weighted by Crippen LogP contribution is -2.56. The second-order valence-corrected chi connectivity index (χ2v) is 8.40. The molecule has 0 radical (unpaired) electrons. The molecule has 2 aliphatic heterocycles. The fraction of sp³-hybridized carbons (Fsp3) is 0.261. The van der Waals surface area contributed by atoms with Crippen LogP contribution in [0.5, 0.6) is 0 Å². The number of urea groups is 1. The van der Waals surface area contributed by atoms with Gasteiger partial charge >= 0.3 is 12.2 Å². The molecule has 2 bridgehead atoms. The van der Waals surface area contributed by atoms with Crippen LogP contribution < -0.4 is 15.1 Å². The van der Waals surface area contributed by atoms with Gasteiger partial charge in [0.15, 0.2) is 5.82 Å². The van der Waals surface area contributed by atoms with Crippen molar-refractivity contribution < 1.29 is 18.0 Å². The van der Waals surface area contributed by atoms with Gasteiger partial charge in [-0.2, -0.15) is 13.2 Å². The summed E-state index contributed by atoms with van der Waals surface area (Å²) in [6, 6.07) is 11.2. The van der Waals surface area contributed by atoms with Gasteiger partial charge in [-0.05, 0) is 43.2 Å². The maximum Gasteiger partial charge on any atom is 0.416 e. The van der Waals surface area contributed by atoms with E-state index in [-0.39, 0.29) is 22.3 Å². The van der Waals surface area contributed by atoms with Crippen molar-refractivity contribution in [3.8, 4) is 11.3 Å². The van der Waals surface area contributed by atoms with Crippen molar-refractivity contribution in [2.45, 2.75) is 25.1 Å². The number of rotatable bonds is 2. The molecule has 170 valence electrons. The zero-order chi connectivity index (χ0) is 23.2. The average Bonchev–Trinajstić information content (AvgIpc) is 2.80. The molecule has 33 heavy (non-hydrogen) atoms. The number of hydrogen-bond acceptors (Lipinski definition) is 4. The molecule has 3 aromatic rings. The van der Waals surface area contributed by atoms with Gasteiger partial charge in [-0.1, -0.05) is 29.8 Å². The quantitative estimate of drug-likeness (QED) is 0.508. The van der Waals surface area contributed by atoms with Gasteiger partial charge in [0, 0.05) is 24.8 Å². The minimum absolute atomic E-state index is 0.127. The summed E-state index contributed by atoms with van der Waals surface area (Å²) in [4.78, 5) is 25.8. The van der Waals surface area contributed by atoms with E-state index in [1.54, 1.807) is 35.4 Å². The van der Waals surface area contributed by atoms with Gasteiger partial charge in [-0.15, -0.1) is 0 Å². The third kappa shape index (κ3) is 4.08. The largest absolute Gasteiger partial charge is 0.416 e. The Morgan fingerprint density at radius 3 is 2.76 bits per heavy atom. The number of halogens is 4.